The number of fused-ring (bicyclic) bond motifs is 1. The Morgan fingerprint density at radius 2 is 2.67 bits per heavy atom. The summed E-state index contributed by atoms with van der Waals surface area (Å²) in [4.78, 5) is 2.28. The molecular weight excluding hydrogens is 114 g/mol. The highest BCUT2D eigenvalue weighted by molar-refractivity contribution is 5.16. The zero-order chi connectivity index (χ0) is 6.27. The van der Waals surface area contributed by atoms with Crippen LogP contribution in [0.15, 0.2) is 11.9 Å². The van der Waals surface area contributed by atoms with Crippen LogP contribution >= 0.6 is 0 Å². The predicted octanol–water partition coefficient (Wildman–Crippen LogP) is -0.579. The number of nitrogens with two attached hydrogens (primary N) is 1. The Morgan fingerprint density at radius 3 is 3.44 bits per heavy atom. The standard InChI is InChI=1S/C6H11N3/c7-5-1-2-9-4-8-3-6(5)9/h3,5,8H,1-2,4,7H2/t5-/m0/s1. The minimum atomic E-state index is 0.292. The third-order valence-electron chi connectivity index (χ3n) is 1.99. The monoisotopic (exact) mass is 125 g/mol. The molecule has 3 N–H and O–H groups in total. The highest BCUT2D eigenvalue weighted by Gasteiger charge is 2.26. The third kappa shape index (κ3) is 0.612. The van der Waals surface area contributed by atoms with Crippen molar-refractivity contribution in [3.05, 3.63) is 11.9 Å². The van der Waals surface area contributed by atoms with Crippen molar-refractivity contribution in [3.63, 3.8) is 0 Å². The molecule has 0 spiro atoms. The van der Waals surface area contributed by atoms with Crippen molar-refractivity contribution < 1.29 is 0 Å². The van der Waals surface area contributed by atoms with Gasteiger partial charge in [0.1, 0.15) is 0 Å². The highest BCUT2D eigenvalue weighted by atomic mass is 15.3. The van der Waals surface area contributed by atoms with E-state index in [4.69, 9.17) is 5.73 Å². The van der Waals surface area contributed by atoms with Crippen LogP contribution in [0, 0.1) is 0 Å². The van der Waals surface area contributed by atoms with E-state index in [1.165, 1.54) is 5.70 Å². The fraction of sp³-hybridized carbons (Fsp3) is 0.667. The summed E-state index contributed by atoms with van der Waals surface area (Å²) >= 11 is 0. The molecule has 0 radical (unpaired) electrons. The Morgan fingerprint density at radius 1 is 1.78 bits per heavy atom. The molecule has 0 amide bonds. The van der Waals surface area contributed by atoms with Gasteiger partial charge in [-0.05, 0) is 6.42 Å². The van der Waals surface area contributed by atoms with Crippen LogP contribution in [0.2, 0.25) is 0 Å². The van der Waals surface area contributed by atoms with Gasteiger partial charge < -0.3 is 16.0 Å². The second-order valence-corrected chi connectivity index (χ2v) is 2.59. The van der Waals surface area contributed by atoms with Crippen molar-refractivity contribution in [2.75, 3.05) is 13.2 Å². The molecule has 0 aliphatic carbocycles. The van der Waals surface area contributed by atoms with Gasteiger partial charge in [-0.2, -0.15) is 0 Å². The predicted molar refractivity (Wildman–Crippen MR) is 35.4 cm³/mol. The summed E-state index contributed by atoms with van der Waals surface area (Å²) in [5, 5.41) is 3.14. The van der Waals surface area contributed by atoms with E-state index in [1.54, 1.807) is 0 Å². The number of nitrogens with zero attached hydrogens (tertiary/aromatic N) is 1. The Balaban J connectivity index is 2.22. The molecule has 0 aromatic heterocycles. The highest BCUT2D eigenvalue weighted by Crippen LogP contribution is 2.20. The maximum atomic E-state index is 5.77. The van der Waals surface area contributed by atoms with Crippen molar-refractivity contribution in [1.29, 1.82) is 0 Å². The van der Waals surface area contributed by atoms with E-state index in [1.807, 2.05) is 6.20 Å². The molecule has 0 aromatic carbocycles. The van der Waals surface area contributed by atoms with Crippen molar-refractivity contribution in [2.45, 2.75) is 12.5 Å². The molecule has 9 heavy (non-hydrogen) atoms. The summed E-state index contributed by atoms with van der Waals surface area (Å²) in [5.74, 6) is 0. The van der Waals surface area contributed by atoms with Gasteiger partial charge in [-0.25, -0.2) is 0 Å². The van der Waals surface area contributed by atoms with Gasteiger partial charge in [-0.15, -0.1) is 0 Å². The number of hydrogen-bond acceptors (Lipinski definition) is 3. The molecule has 0 unspecified atom stereocenters. The lowest BCUT2D eigenvalue weighted by Gasteiger charge is -2.11. The molecular formula is C6H11N3. The second kappa shape index (κ2) is 1.64. The van der Waals surface area contributed by atoms with Crippen molar-refractivity contribution >= 4 is 0 Å². The lowest BCUT2D eigenvalue weighted by molar-refractivity contribution is 0.411. The molecule has 0 aromatic rings. The molecule has 3 heteroatoms. The zero-order valence-corrected chi connectivity index (χ0v) is 5.30. The van der Waals surface area contributed by atoms with E-state index in [-0.39, 0.29) is 0 Å². The van der Waals surface area contributed by atoms with Crippen molar-refractivity contribution in [3.8, 4) is 0 Å². The van der Waals surface area contributed by atoms with Gasteiger partial charge >= 0.3 is 0 Å². The van der Waals surface area contributed by atoms with Gasteiger partial charge in [0.2, 0.25) is 0 Å². The topological polar surface area (TPSA) is 41.3 Å². The lowest BCUT2D eigenvalue weighted by Crippen LogP contribution is -2.22. The molecule has 2 heterocycles. The summed E-state index contributed by atoms with van der Waals surface area (Å²) < 4.78 is 0. The first-order valence-electron chi connectivity index (χ1n) is 3.32. The minimum absolute atomic E-state index is 0.292. The van der Waals surface area contributed by atoms with E-state index in [0.29, 0.717) is 6.04 Å². The first-order valence-corrected chi connectivity index (χ1v) is 3.32. The minimum Gasteiger partial charge on any atom is -0.372 e. The van der Waals surface area contributed by atoms with E-state index in [9.17, 15) is 0 Å². The summed E-state index contributed by atoms with van der Waals surface area (Å²) in [7, 11) is 0. The Bertz CT molecular complexity index is 152. The van der Waals surface area contributed by atoms with Gasteiger partial charge in [-0.1, -0.05) is 0 Å². The fourth-order valence-corrected chi connectivity index (χ4v) is 1.44. The molecule has 0 saturated carbocycles. The van der Waals surface area contributed by atoms with Gasteiger partial charge in [0.05, 0.1) is 6.67 Å². The average Bonchev–Trinajstić information content (AvgIpc) is 2.35. The molecule has 2 aliphatic rings. The second-order valence-electron chi connectivity index (χ2n) is 2.59. The molecule has 3 nitrogen and oxygen atoms in total. The summed E-state index contributed by atoms with van der Waals surface area (Å²) in [6.45, 7) is 2.09. The number of rotatable bonds is 0. The molecule has 1 fully saturated rings. The fourth-order valence-electron chi connectivity index (χ4n) is 1.44. The normalized spacial score (nSPS) is 31.9. The maximum absolute atomic E-state index is 5.77. The van der Waals surface area contributed by atoms with Crippen molar-refractivity contribution in [2.24, 2.45) is 5.73 Å². The van der Waals surface area contributed by atoms with Gasteiger partial charge in [0, 0.05) is 24.5 Å². The average molecular weight is 125 g/mol. The van der Waals surface area contributed by atoms with Crippen LogP contribution in [0.3, 0.4) is 0 Å². The molecule has 0 bridgehead atoms. The SMILES string of the molecule is N[C@H]1CCN2CNC=C12. The van der Waals surface area contributed by atoms with Gasteiger partial charge in [0.15, 0.2) is 0 Å². The number of nitrogens with one attached hydrogen (secondary N) is 1. The quantitative estimate of drug-likeness (QED) is 0.455. The van der Waals surface area contributed by atoms with Crippen LogP contribution in [0.1, 0.15) is 6.42 Å². The van der Waals surface area contributed by atoms with E-state index in [2.05, 4.69) is 10.2 Å². The first kappa shape index (κ1) is 5.11. The maximum Gasteiger partial charge on any atom is 0.0870 e. The van der Waals surface area contributed by atoms with Gasteiger partial charge in [0.25, 0.3) is 0 Å². The van der Waals surface area contributed by atoms with Gasteiger partial charge in [-0.3, -0.25) is 0 Å². The lowest BCUT2D eigenvalue weighted by atomic mass is 10.2. The number of hydrogen-bond donors (Lipinski definition) is 2. The molecule has 1 saturated heterocycles. The summed E-state index contributed by atoms with van der Waals surface area (Å²) in [5.41, 5.74) is 7.06. The molecule has 50 valence electrons. The van der Waals surface area contributed by atoms with Crippen LogP contribution in [0.4, 0.5) is 0 Å². The van der Waals surface area contributed by atoms with Crippen LogP contribution in [0.5, 0.6) is 0 Å². The summed E-state index contributed by atoms with van der Waals surface area (Å²) in [6.07, 6.45) is 3.14. The third-order valence-corrected chi connectivity index (χ3v) is 1.99. The Kier molecular flexibility index (Phi) is 0.931. The zero-order valence-electron chi connectivity index (χ0n) is 5.30. The smallest absolute Gasteiger partial charge is 0.0870 e. The van der Waals surface area contributed by atoms with Crippen LogP contribution in [-0.4, -0.2) is 24.2 Å². The van der Waals surface area contributed by atoms with Crippen LogP contribution in [0.25, 0.3) is 0 Å². The Hall–Kier alpha value is -0.700. The molecule has 2 rings (SSSR count). The van der Waals surface area contributed by atoms with Crippen LogP contribution in [-0.2, 0) is 0 Å². The molecule has 1 atom stereocenters. The molecule has 2 aliphatic heterocycles. The van der Waals surface area contributed by atoms with E-state index in [0.717, 1.165) is 19.6 Å². The van der Waals surface area contributed by atoms with Crippen molar-refractivity contribution in [1.82, 2.24) is 10.2 Å². The summed E-state index contributed by atoms with van der Waals surface area (Å²) in [6, 6.07) is 0.292. The largest absolute Gasteiger partial charge is 0.372 e. The first-order chi connectivity index (χ1) is 4.38. The van der Waals surface area contributed by atoms with Crippen LogP contribution < -0.4 is 11.1 Å². The van der Waals surface area contributed by atoms with E-state index >= 15 is 0 Å². The van der Waals surface area contributed by atoms with E-state index < -0.39 is 0 Å². The Labute approximate surface area is 54.5 Å².